The summed E-state index contributed by atoms with van der Waals surface area (Å²) in [6, 6.07) is 8.43. The molecule has 1 fully saturated rings. The van der Waals surface area contributed by atoms with E-state index in [1.807, 2.05) is 0 Å². The number of ether oxygens (including phenoxy) is 1. The van der Waals surface area contributed by atoms with Crippen molar-refractivity contribution in [2.24, 2.45) is 0 Å². The normalized spacial score (nSPS) is 28.3. The predicted octanol–water partition coefficient (Wildman–Crippen LogP) is 2.41. The minimum absolute atomic E-state index is 0.275. The van der Waals surface area contributed by atoms with Crippen molar-refractivity contribution < 1.29 is 4.74 Å². The number of benzene rings is 1. The highest BCUT2D eigenvalue weighted by atomic mass is 16.5. The van der Waals surface area contributed by atoms with E-state index < -0.39 is 0 Å². The molecule has 0 spiro atoms. The van der Waals surface area contributed by atoms with E-state index in [1.54, 1.807) is 0 Å². The largest absolute Gasteiger partial charge is 0.492 e. The first-order valence-corrected chi connectivity index (χ1v) is 7.43. The molecule has 0 aromatic heterocycles. The fourth-order valence-electron chi connectivity index (χ4n) is 3.26. The first kappa shape index (κ1) is 12.9. The molecule has 1 saturated heterocycles. The molecular weight excluding hydrogens is 236 g/mol. The van der Waals surface area contributed by atoms with Crippen LogP contribution in [0.25, 0.3) is 0 Å². The molecule has 0 aliphatic carbocycles. The monoisotopic (exact) mass is 260 g/mol. The van der Waals surface area contributed by atoms with Gasteiger partial charge in [0.1, 0.15) is 12.4 Å². The maximum Gasteiger partial charge on any atom is 0.123 e. The van der Waals surface area contributed by atoms with Crippen LogP contribution in [-0.4, -0.2) is 36.7 Å². The Balaban J connectivity index is 1.69. The standard InChI is InChI=1S/C16H24N2O/c1-16(8-4-5-9-17-16)13-18-10-11-19-15-7-3-2-6-14(15)12-18/h2-3,6-7,17H,4-5,8-13H2,1H3. The van der Waals surface area contributed by atoms with Crippen LogP contribution in [0.1, 0.15) is 31.7 Å². The Morgan fingerprint density at radius 3 is 3.05 bits per heavy atom. The van der Waals surface area contributed by atoms with Gasteiger partial charge in [-0.3, -0.25) is 4.90 Å². The van der Waals surface area contributed by atoms with Gasteiger partial charge in [0.25, 0.3) is 0 Å². The Morgan fingerprint density at radius 2 is 2.21 bits per heavy atom. The Kier molecular flexibility index (Phi) is 3.76. The van der Waals surface area contributed by atoms with Crippen molar-refractivity contribution in [1.82, 2.24) is 10.2 Å². The minimum atomic E-state index is 0.275. The summed E-state index contributed by atoms with van der Waals surface area (Å²) in [6.07, 6.45) is 3.96. The molecule has 1 aromatic rings. The van der Waals surface area contributed by atoms with Gasteiger partial charge in [0.2, 0.25) is 0 Å². The lowest BCUT2D eigenvalue weighted by molar-refractivity contribution is 0.148. The van der Waals surface area contributed by atoms with Crippen molar-refractivity contribution in [2.75, 3.05) is 26.2 Å². The zero-order valence-corrected chi connectivity index (χ0v) is 11.8. The minimum Gasteiger partial charge on any atom is -0.492 e. The zero-order chi connectivity index (χ0) is 13.1. The molecule has 19 heavy (non-hydrogen) atoms. The van der Waals surface area contributed by atoms with Crippen LogP contribution >= 0.6 is 0 Å². The maximum atomic E-state index is 5.84. The van der Waals surface area contributed by atoms with Crippen LogP contribution in [0, 0.1) is 0 Å². The van der Waals surface area contributed by atoms with Gasteiger partial charge < -0.3 is 10.1 Å². The van der Waals surface area contributed by atoms with Gasteiger partial charge in [0, 0.05) is 30.7 Å². The van der Waals surface area contributed by atoms with Gasteiger partial charge in [-0.1, -0.05) is 24.6 Å². The number of nitrogens with one attached hydrogen (secondary N) is 1. The summed E-state index contributed by atoms with van der Waals surface area (Å²) in [4.78, 5) is 2.53. The summed E-state index contributed by atoms with van der Waals surface area (Å²) in [7, 11) is 0. The number of piperidine rings is 1. The topological polar surface area (TPSA) is 24.5 Å². The molecule has 3 nitrogen and oxygen atoms in total. The van der Waals surface area contributed by atoms with E-state index in [0.717, 1.165) is 38.5 Å². The van der Waals surface area contributed by atoms with E-state index in [1.165, 1.54) is 24.8 Å². The molecule has 2 aliphatic rings. The molecule has 2 aliphatic heterocycles. The fraction of sp³-hybridized carbons (Fsp3) is 0.625. The number of para-hydroxylation sites is 1. The molecule has 0 radical (unpaired) electrons. The molecule has 1 aromatic carbocycles. The van der Waals surface area contributed by atoms with Crippen LogP contribution in [0.3, 0.4) is 0 Å². The molecule has 3 rings (SSSR count). The molecule has 0 amide bonds. The van der Waals surface area contributed by atoms with E-state index in [9.17, 15) is 0 Å². The summed E-state index contributed by atoms with van der Waals surface area (Å²) in [6.45, 7) is 7.47. The van der Waals surface area contributed by atoms with Crippen molar-refractivity contribution in [3.8, 4) is 5.75 Å². The first-order chi connectivity index (χ1) is 9.25. The third kappa shape index (κ3) is 3.10. The molecule has 3 heteroatoms. The Bertz CT molecular complexity index is 427. The van der Waals surface area contributed by atoms with Gasteiger partial charge >= 0.3 is 0 Å². The lowest BCUT2D eigenvalue weighted by Gasteiger charge is -2.39. The van der Waals surface area contributed by atoms with Gasteiger partial charge in [-0.05, 0) is 32.4 Å². The summed E-state index contributed by atoms with van der Waals surface area (Å²) in [5.74, 6) is 1.06. The molecule has 104 valence electrons. The van der Waals surface area contributed by atoms with Gasteiger partial charge in [-0.15, -0.1) is 0 Å². The second kappa shape index (κ2) is 5.51. The Labute approximate surface area is 115 Å². The highest BCUT2D eigenvalue weighted by molar-refractivity contribution is 5.33. The highest BCUT2D eigenvalue weighted by Gasteiger charge is 2.29. The Morgan fingerprint density at radius 1 is 1.32 bits per heavy atom. The summed E-state index contributed by atoms with van der Waals surface area (Å²) >= 11 is 0. The average molecular weight is 260 g/mol. The van der Waals surface area contributed by atoms with E-state index >= 15 is 0 Å². The number of nitrogens with zero attached hydrogens (tertiary/aromatic N) is 1. The third-order valence-corrected chi connectivity index (χ3v) is 4.31. The molecule has 2 heterocycles. The molecule has 0 saturated carbocycles. The SMILES string of the molecule is CC1(CN2CCOc3ccccc3C2)CCCCN1. The van der Waals surface area contributed by atoms with Crippen molar-refractivity contribution >= 4 is 0 Å². The van der Waals surface area contributed by atoms with Gasteiger partial charge in [0.15, 0.2) is 0 Å². The van der Waals surface area contributed by atoms with E-state index in [0.29, 0.717) is 0 Å². The van der Waals surface area contributed by atoms with E-state index in [4.69, 9.17) is 4.74 Å². The van der Waals surface area contributed by atoms with Gasteiger partial charge in [-0.2, -0.15) is 0 Å². The third-order valence-electron chi connectivity index (χ3n) is 4.31. The van der Waals surface area contributed by atoms with Crippen LogP contribution < -0.4 is 10.1 Å². The Hall–Kier alpha value is -1.06. The number of hydrogen-bond acceptors (Lipinski definition) is 3. The van der Waals surface area contributed by atoms with Crippen LogP contribution in [0.5, 0.6) is 5.75 Å². The maximum absolute atomic E-state index is 5.84. The predicted molar refractivity (Wildman–Crippen MR) is 77.5 cm³/mol. The van der Waals surface area contributed by atoms with Crippen LogP contribution in [0.4, 0.5) is 0 Å². The lowest BCUT2D eigenvalue weighted by atomic mass is 9.90. The molecule has 1 atom stereocenters. The van der Waals surface area contributed by atoms with Crippen molar-refractivity contribution in [1.29, 1.82) is 0 Å². The van der Waals surface area contributed by atoms with Crippen LogP contribution in [0.15, 0.2) is 24.3 Å². The van der Waals surface area contributed by atoms with E-state index in [-0.39, 0.29) is 5.54 Å². The molecular formula is C16H24N2O. The summed E-state index contributed by atoms with van der Waals surface area (Å²) < 4.78 is 5.84. The number of rotatable bonds is 2. The molecule has 1 unspecified atom stereocenters. The first-order valence-electron chi connectivity index (χ1n) is 7.43. The van der Waals surface area contributed by atoms with Crippen molar-refractivity contribution in [2.45, 2.75) is 38.3 Å². The lowest BCUT2D eigenvalue weighted by Crippen LogP contribution is -2.53. The summed E-state index contributed by atoms with van der Waals surface area (Å²) in [5.41, 5.74) is 1.59. The summed E-state index contributed by atoms with van der Waals surface area (Å²) in [5, 5.41) is 3.70. The second-order valence-corrected chi connectivity index (χ2v) is 6.11. The zero-order valence-electron chi connectivity index (χ0n) is 11.8. The van der Waals surface area contributed by atoms with Crippen molar-refractivity contribution in [3.63, 3.8) is 0 Å². The highest BCUT2D eigenvalue weighted by Crippen LogP contribution is 2.25. The number of fused-ring (bicyclic) bond motifs is 1. The average Bonchev–Trinajstić information content (AvgIpc) is 2.60. The number of hydrogen-bond donors (Lipinski definition) is 1. The van der Waals surface area contributed by atoms with Crippen LogP contribution in [0.2, 0.25) is 0 Å². The smallest absolute Gasteiger partial charge is 0.123 e. The van der Waals surface area contributed by atoms with Gasteiger partial charge in [-0.25, -0.2) is 0 Å². The molecule has 0 bridgehead atoms. The quantitative estimate of drug-likeness (QED) is 0.884. The molecule has 1 N–H and O–H groups in total. The van der Waals surface area contributed by atoms with E-state index in [2.05, 4.69) is 41.4 Å². The van der Waals surface area contributed by atoms with Crippen molar-refractivity contribution in [3.05, 3.63) is 29.8 Å². The fourth-order valence-corrected chi connectivity index (χ4v) is 3.26. The van der Waals surface area contributed by atoms with Crippen LogP contribution in [-0.2, 0) is 6.54 Å². The second-order valence-electron chi connectivity index (χ2n) is 6.11. The van der Waals surface area contributed by atoms with Gasteiger partial charge in [0.05, 0.1) is 0 Å².